The van der Waals surface area contributed by atoms with Gasteiger partial charge in [0.2, 0.25) is 0 Å². The zero-order valence-electron chi connectivity index (χ0n) is 44.1. The molecule has 3 heterocycles. The van der Waals surface area contributed by atoms with Gasteiger partial charge in [0.15, 0.2) is 0 Å². The third-order valence-corrected chi connectivity index (χ3v) is 14.6. The molecule has 10 aromatic rings. The average molecular weight is 934 g/mol. The summed E-state index contributed by atoms with van der Waals surface area (Å²) in [6, 6.07) is 50.2. The number of rotatable bonds is 6. The topological polar surface area (TPSA) is 64.1 Å². The number of pyridine rings is 1. The van der Waals surface area contributed by atoms with Gasteiger partial charge in [0, 0.05) is 44.8 Å². The minimum absolute atomic E-state index is 0.0839. The van der Waals surface area contributed by atoms with E-state index in [0.29, 0.717) is 11.4 Å². The van der Waals surface area contributed by atoms with Gasteiger partial charge < -0.3 is 9.52 Å². The van der Waals surface area contributed by atoms with E-state index in [1.807, 2.05) is 18.3 Å². The van der Waals surface area contributed by atoms with E-state index in [1.54, 1.807) is 0 Å². The van der Waals surface area contributed by atoms with Crippen LogP contribution in [0.15, 0.2) is 150 Å². The van der Waals surface area contributed by atoms with Crippen LogP contribution in [0.5, 0.6) is 5.75 Å². The van der Waals surface area contributed by atoms with Gasteiger partial charge in [0.1, 0.15) is 22.7 Å². The fourth-order valence-electron chi connectivity index (χ4n) is 10.3. The second-order valence-electron chi connectivity index (χ2n) is 23.8. The lowest BCUT2D eigenvalue weighted by Crippen LogP contribution is -2.17. The highest BCUT2D eigenvalue weighted by molar-refractivity contribution is 6.07. The highest BCUT2D eigenvalue weighted by atomic mass is 16.3. The van der Waals surface area contributed by atoms with Gasteiger partial charge in [-0.25, -0.2) is 4.98 Å². The van der Waals surface area contributed by atoms with E-state index in [1.165, 1.54) is 11.1 Å². The Bertz CT molecular complexity index is 3710. The van der Waals surface area contributed by atoms with Crippen LogP contribution in [0, 0.1) is 13.8 Å². The van der Waals surface area contributed by atoms with Crippen molar-refractivity contribution < 1.29 is 9.52 Å². The molecule has 3 aromatic heterocycles. The van der Waals surface area contributed by atoms with Crippen molar-refractivity contribution in [1.29, 1.82) is 0 Å². The van der Waals surface area contributed by atoms with Crippen molar-refractivity contribution in [1.82, 2.24) is 14.5 Å². The van der Waals surface area contributed by atoms with E-state index in [0.717, 1.165) is 106 Å². The largest absolute Gasteiger partial charge is 0.507 e. The van der Waals surface area contributed by atoms with Gasteiger partial charge in [-0.1, -0.05) is 168 Å². The predicted octanol–water partition coefficient (Wildman–Crippen LogP) is 18.2. The average Bonchev–Trinajstić information content (AvgIpc) is 3.90. The number of phenolic OH excluding ortho intramolecular Hbond substituents is 1. The van der Waals surface area contributed by atoms with Gasteiger partial charge in [-0.2, -0.15) is 0 Å². The van der Waals surface area contributed by atoms with Crippen molar-refractivity contribution >= 4 is 33.0 Å². The third-order valence-electron chi connectivity index (χ3n) is 14.6. The molecule has 0 fully saturated rings. The maximum absolute atomic E-state index is 12.6. The van der Waals surface area contributed by atoms with Crippen molar-refractivity contribution in [3.05, 3.63) is 179 Å². The van der Waals surface area contributed by atoms with Crippen LogP contribution in [0.1, 0.15) is 116 Å². The first-order valence-corrected chi connectivity index (χ1v) is 25.1. The molecule has 0 saturated carbocycles. The Labute approximate surface area is 420 Å². The second kappa shape index (κ2) is 17.0. The number of hydrogen-bond acceptors (Lipinski definition) is 4. The van der Waals surface area contributed by atoms with Crippen molar-refractivity contribution in [2.75, 3.05) is 0 Å². The maximum atomic E-state index is 12.6. The number of aromatic hydroxyl groups is 1. The highest BCUT2D eigenvalue weighted by Gasteiger charge is 2.30. The summed E-state index contributed by atoms with van der Waals surface area (Å²) in [5, 5.41) is 14.9. The van der Waals surface area contributed by atoms with Crippen LogP contribution in [0.3, 0.4) is 0 Å². The molecule has 10 rings (SSSR count). The number of fused-ring (bicyclic) bond motifs is 4. The standard InChI is InChI=1S/C66H67N3O2/c1-39-48(47-28-29-51-50-23-18-19-26-57(50)71-61(51)40(47)2)31-32-67-58(39)43-33-42(34-45(35-43)64(6,7)8)49-24-20-25-56-59(49)68-62(53-37-46(65(9,10)11)38-54(60(53)70)66(12,13)14)69(56)55-30-27-44(63(3,4)5)36-52(55)41-21-16-15-17-22-41/h15-38,70H,1-14H3. The van der Waals surface area contributed by atoms with Crippen LogP contribution < -0.4 is 0 Å². The molecule has 5 nitrogen and oxygen atoms in total. The zero-order chi connectivity index (χ0) is 50.5. The molecule has 5 heteroatoms. The van der Waals surface area contributed by atoms with Crippen LogP contribution in [-0.4, -0.2) is 19.6 Å². The summed E-state index contributed by atoms with van der Waals surface area (Å²) in [7, 11) is 0. The zero-order valence-corrected chi connectivity index (χ0v) is 44.1. The minimum atomic E-state index is -0.336. The Morgan fingerprint density at radius 3 is 1.83 bits per heavy atom. The molecule has 0 aliphatic heterocycles. The number of benzene rings is 7. The molecule has 0 amide bonds. The van der Waals surface area contributed by atoms with E-state index in [4.69, 9.17) is 14.4 Å². The number of phenols is 1. The van der Waals surface area contributed by atoms with E-state index >= 15 is 0 Å². The van der Waals surface area contributed by atoms with Gasteiger partial charge in [-0.3, -0.25) is 9.55 Å². The second-order valence-corrected chi connectivity index (χ2v) is 23.8. The molecule has 0 bridgehead atoms. The Morgan fingerprint density at radius 1 is 0.479 bits per heavy atom. The molecule has 0 aliphatic carbocycles. The predicted molar refractivity (Wildman–Crippen MR) is 299 cm³/mol. The number of aryl methyl sites for hydroxylation is 1. The van der Waals surface area contributed by atoms with Crippen LogP contribution in [0.25, 0.3) is 94.7 Å². The molecule has 0 radical (unpaired) electrons. The van der Waals surface area contributed by atoms with Crippen LogP contribution in [0.2, 0.25) is 0 Å². The normalized spacial score (nSPS) is 12.7. The smallest absolute Gasteiger partial charge is 0.149 e. The van der Waals surface area contributed by atoms with Gasteiger partial charge in [0.05, 0.1) is 28.0 Å². The molecule has 0 spiro atoms. The number of para-hydroxylation sites is 2. The molecule has 71 heavy (non-hydrogen) atoms. The number of hydrogen-bond donors (Lipinski definition) is 1. The highest BCUT2D eigenvalue weighted by Crippen LogP contribution is 2.47. The summed E-state index contributed by atoms with van der Waals surface area (Å²) in [6.07, 6.45) is 1.94. The maximum Gasteiger partial charge on any atom is 0.149 e. The molecular formula is C66H67N3O2. The number of aromatic nitrogens is 3. The molecule has 1 N–H and O–H groups in total. The summed E-state index contributed by atoms with van der Waals surface area (Å²) in [5.41, 5.74) is 19.7. The van der Waals surface area contributed by atoms with Gasteiger partial charge in [-0.05, 0) is 135 Å². The summed E-state index contributed by atoms with van der Waals surface area (Å²) >= 11 is 0. The van der Waals surface area contributed by atoms with Crippen LogP contribution >= 0.6 is 0 Å². The first-order chi connectivity index (χ1) is 33.5. The van der Waals surface area contributed by atoms with E-state index < -0.39 is 0 Å². The third kappa shape index (κ3) is 8.43. The molecule has 0 aliphatic rings. The SMILES string of the molecule is Cc1c(-c2ccc3c(oc4ccccc43)c2C)ccnc1-c1cc(-c2cccc3c2nc(-c2cc(C(C)(C)C)cc(C(C)(C)C)c2O)n3-c2ccc(C(C)(C)C)cc2-c2ccccc2)cc(C(C)(C)C)c1. The van der Waals surface area contributed by atoms with Crippen LogP contribution in [-0.2, 0) is 21.7 Å². The Kier molecular flexibility index (Phi) is 11.3. The Morgan fingerprint density at radius 2 is 1.13 bits per heavy atom. The number of imidazole rings is 1. The fourth-order valence-corrected chi connectivity index (χ4v) is 10.3. The first kappa shape index (κ1) is 47.4. The van der Waals surface area contributed by atoms with Gasteiger partial charge in [0.25, 0.3) is 0 Å². The molecule has 0 saturated heterocycles. The Hall–Kier alpha value is -7.24. The first-order valence-electron chi connectivity index (χ1n) is 25.1. The van der Waals surface area contributed by atoms with Crippen molar-refractivity contribution in [3.63, 3.8) is 0 Å². The van der Waals surface area contributed by atoms with Crippen molar-refractivity contribution in [2.24, 2.45) is 0 Å². The lowest BCUT2D eigenvalue weighted by Gasteiger charge is -2.28. The van der Waals surface area contributed by atoms with Crippen LogP contribution in [0.4, 0.5) is 0 Å². The minimum Gasteiger partial charge on any atom is -0.507 e. The lowest BCUT2D eigenvalue weighted by atomic mass is 9.79. The van der Waals surface area contributed by atoms with E-state index in [9.17, 15) is 5.11 Å². The molecule has 0 unspecified atom stereocenters. The summed E-state index contributed by atoms with van der Waals surface area (Å²) in [5.74, 6) is 0.945. The Balaban J connectivity index is 1.24. The summed E-state index contributed by atoms with van der Waals surface area (Å²) in [4.78, 5) is 10.9. The number of nitrogens with zero attached hydrogens (tertiary/aromatic N) is 3. The number of furan rings is 1. The van der Waals surface area contributed by atoms with Crippen molar-refractivity contribution in [2.45, 2.75) is 119 Å². The molecule has 0 atom stereocenters. The summed E-state index contributed by atoms with van der Waals surface area (Å²) in [6.45, 7) is 31.2. The van der Waals surface area contributed by atoms with Gasteiger partial charge in [-0.15, -0.1) is 0 Å². The molecule has 358 valence electrons. The fraction of sp³-hybridized carbons (Fsp3) is 0.273. The molecular weight excluding hydrogens is 867 g/mol. The summed E-state index contributed by atoms with van der Waals surface area (Å²) < 4.78 is 8.78. The van der Waals surface area contributed by atoms with E-state index in [2.05, 4.69) is 229 Å². The van der Waals surface area contributed by atoms with Crippen molar-refractivity contribution in [3.8, 4) is 67.5 Å². The lowest BCUT2D eigenvalue weighted by molar-refractivity contribution is 0.446. The van der Waals surface area contributed by atoms with Gasteiger partial charge >= 0.3 is 0 Å². The van der Waals surface area contributed by atoms with E-state index in [-0.39, 0.29) is 27.4 Å². The molecule has 7 aromatic carbocycles. The monoisotopic (exact) mass is 934 g/mol. The quantitative estimate of drug-likeness (QED) is 0.180.